The standard InChI is InChI=1S/C13H18N2O3S2/c1-13(2,20(3,17)18)8-15-12(16)10-6-4-5-9(7-10)11(14)19/h4-7H,8H2,1-3H3,(H2,14,19)(H,15,16). The Morgan fingerprint density at radius 2 is 1.90 bits per heavy atom. The summed E-state index contributed by atoms with van der Waals surface area (Å²) in [7, 11) is -3.26. The molecule has 1 amide bonds. The lowest BCUT2D eigenvalue weighted by Gasteiger charge is -2.22. The number of hydrogen-bond donors (Lipinski definition) is 2. The normalized spacial score (nSPS) is 11.9. The molecule has 0 fully saturated rings. The molecule has 0 spiro atoms. The first-order valence-electron chi connectivity index (χ1n) is 5.92. The molecule has 0 aliphatic rings. The van der Waals surface area contributed by atoms with Crippen molar-refractivity contribution in [2.45, 2.75) is 18.6 Å². The summed E-state index contributed by atoms with van der Waals surface area (Å²) in [5.74, 6) is -0.361. The molecular weight excluding hydrogens is 296 g/mol. The molecule has 5 nitrogen and oxygen atoms in total. The summed E-state index contributed by atoms with van der Waals surface area (Å²) in [5.41, 5.74) is 6.48. The fourth-order valence-electron chi connectivity index (χ4n) is 1.34. The summed E-state index contributed by atoms with van der Waals surface area (Å²) in [6.45, 7) is 3.16. The quantitative estimate of drug-likeness (QED) is 0.787. The highest BCUT2D eigenvalue weighted by Gasteiger charge is 2.30. The first kappa shape index (κ1) is 16.6. The van der Waals surface area contributed by atoms with Crippen molar-refractivity contribution in [2.75, 3.05) is 12.8 Å². The second-order valence-electron chi connectivity index (χ2n) is 5.16. The maximum absolute atomic E-state index is 12.0. The second-order valence-corrected chi connectivity index (χ2v) is 8.25. The smallest absolute Gasteiger partial charge is 0.251 e. The van der Waals surface area contributed by atoms with Crippen LogP contribution >= 0.6 is 12.2 Å². The van der Waals surface area contributed by atoms with Gasteiger partial charge in [-0.15, -0.1) is 0 Å². The molecule has 0 radical (unpaired) electrons. The van der Waals surface area contributed by atoms with Gasteiger partial charge in [-0.3, -0.25) is 4.79 Å². The van der Waals surface area contributed by atoms with Crippen LogP contribution in [-0.4, -0.2) is 36.9 Å². The molecule has 110 valence electrons. The number of sulfone groups is 1. The van der Waals surface area contributed by atoms with Gasteiger partial charge in [0.2, 0.25) is 0 Å². The van der Waals surface area contributed by atoms with Crippen LogP contribution in [0.4, 0.5) is 0 Å². The Balaban J connectivity index is 2.83. The number of carbonyl (C=O) groups is 1. The van der Waals surface area contributed by atoms with Crippen molar-refractivity contribution < 1.29 is 13.2 Å². The van der Waals surface area contributed by atoms with Gasteiger partial charge >= 0.3 is 0 Å². The van der Waals surface area contributed by atoms with Gasteiger partial charge in [0.1, 0.15) is 4.99 Å². The highest BCUT2D eigenvalue weighted by Crippen LogP contribution is 2.14. The van der Waals surface area contributed by atoms with Crippen LogP contribution in [-0.2, 0) is 9.84 Å². The first-order chi connectivity index (χ1) is 9.04. The number of hydrogen-bond acceptors (Lipinski definition) is 4. The van der Waals surface area contributed by atoms with E-state index in [1.54, 1.807) is 38.1 Å². The highest BCUT2D eigenvalue weighted by molar-refractivity contribution is 7.92. The third kappa shape index (κ3) is 4.01. The van der Waals surface area contributed by atoms with Crippen molar-refractivity contribution in [1.29, 1.82) is 0 Å². The van der Waals surface area contributed by atoms with Gasteiger partial charge in [0.15, 0.2) is 9.84 Å². The van der Waals surface area contributed by atoms with E-state index in [-0.39, 0.29) is 17.4 Å². The zero-order valence-electron chi connectivity index (χ0n) is 11.6. The predicted molar refractivity (Wildman–Crippen MR) is 83.6 cm³/mol. The van der Waals surface area contributed by atoms with Gasteiger partial charge in [0.05, 0.1) is 4.75 Å². The van der Waals surface area contributed by atoms with Crippen LogP contribution in [0.1, 0.15) is 29.8 Å². The van der Waals surface area contributed by atoms with E-state index >= 15 is 0 Å². The minimum atomic E-state index is -3.26. The molecule has 1 aromatic rings. The van der Waals surface area contributed by atoms with Crippen LogP contribution in [0.5, 0.6) is 0 Å². The average Bonchev–Trinajstić information content (AvgIpc) is 2.34. The maximum Gasteiger partial charge on any atom is 0.251 e. The van der Waals surface area contributed by atoms with Crippen molar-refractivity contribution in [2.24, 2.45) is 5.73 Å². The van der Waals surface area contributed by atoms with Gasteiger partial charge in [0.25, 0.3) is 5.91 Å². The topological polar surface area (TPSA) is 89.3 Å². The third-order valence-electron chi connectivity index (χ3n) is 3.09. The molecule has 0 bridgehead atoms. The van der Waals surface area contributed by atoms with E-state index in [2.05, 4.69) is 5.32 Å². The molecule has 0 aromatic heterocycles. The van der Waals surface area contributed by atoms with E-state index in [4.69, 9.17) is 18.0 Å². The number of amides is 1. The Kier molecular flexibility index (Phi) is 4.88. The Labute approximate surface area is 124 Å². The van der Waals surface area contributed by atoms with Crippen LogP contribution in [0.2, 0.25) is 0 Å². The van der Waals surface area contributed by atoms with Crippen LogP contribution in [0.25, 0.3) is 0 Å². The SMILES string of the molecule is CC(C)(CNC(=O)c1cccc(C(N)=S)c1)S(C)(=O)=O. The Hall–Kier alpha value is -1.47. The van der Waals surface area contributed by atoms with E-state index in [9.17, 15) is 13.2 Å². The van der Waals surface area contributed by atoms with Crippen molar-refractivity contribution in [3.63, 3.8) is 0 Å². The largest absolute Gasteiger partial charge is 0.389 e. The number of nitrogens with two attached hydrogens (primary N) is 1. The van der Waals surface area contributed by atoms with Gasteiger partial charge < -0.3 is 11.1 Å². The molecular formula is C13H18N2O3S2. The lowest BCUT2D eigenvalue weighted by molar-refractivity contribution is 0.0950. The molecule has 0 saturated carbocycles. The van der Waals surface area contributed by atoms with E-state index in [1.807, 2.05) is 0 Å². The van der Waals surface area contributed by atoms with Gasteiger partial charge in [-0.2, -0.15) is 0 Å². The molecule has 0 unspecified atom stereocenters. The highest BCUT2D eigenvalue weighted by atomic mass is 32.2. The molecule has 7 heteroatoms. The van der Waals surface area contributed by atoms with Crippen LogP contribution in [0.15, 0.2) is 24.3 Å². The molecule has 0 aliphatic carbocycles. The van der Waals surface area contributed by atoms with E-state index in [1.165, 1.54) is 0 Å². The number of thiocarbonyl (C=S) groups is 1. The fourth-order valence-corrected chi connectivity index (χ4v) is 1.80. The lowest BCUT2D eigenvalue weighted by atomic mass is 10.1. The molecule has 0 saturated heterocycles. The van der Waals surface area contributed by atoms with Crippen molar-refractivity contribution in [3.05, 3.63) is 35.4 Å². The summed E-state index contributed by atoms with van der Waals surface area (Å²) < 4.78 is 22.1. The third-order valence-corrected chi connectivity index (χ3v) is 5.48. The first-order valence-corrected chi connectivity index (χ1v) is 8.22. The zero-order valence-corrected chi connectivity index (χ0v) is 13.3. The number of benzene rings is 1. The van der Waals surface area contributed by atoms with Crippen LogP contribution < -0.4 is 11.1 Å². The predicted octanol–water partition coefficient (Wildman–Crippen LogP) is 0.874. The zero-order chi connectivity index (χ0) is 15.6. The monoisotopic (exact) mass is 314 g/mol. The van der Waals surface area contributed by atoms with Crippen LogP contribution in [0.3, 0.4) is 0 Å². The molecule has 0 atom stereocenters. The van der Waals surface area contributed by atoms with Crippen molar-refractivity contribution >= 4 is 33.0 Å². The van der Waals surface area contributed by atoms with Gasteiger partial charge in [0, 0.05) is 23.9 Å². The van der Waals surface area contributed by atoms with Gasteiger partial charge in [-0.25, -0.2) is 8.42 Å². The molecule has 0 aliphatic heterocycles. The van der Waals surface area contributed by atoms with Gasteiger partial charge in [-0.1, -0.05) is 24.4 Å². The minimum absolute atomic E-state index is 0.0297. The van der Waals surface area contributed by atoms with Crippen molar-refractivity contribution in [1.82, 2.24) is 5.32 Å². The molecule has 3 N–H and O–H groups in total. The summed E-state index contributed by atoms with van der Waals surface area (Å²) in [5, 5.41) is 2.61. The lowest BCUT2D eigenvalue weighted by Crippen LogP contribution is -2.43. The average molecular weight is 314 g/mol. The molecule has 1 rings (SSSR count). The van der Waals surface area contributed by atoms with E-state index < -0.39 is 14.6 Å². The van der Waals surface area contributed by atoms with Crippen molar-refractivity contribution in [3.8, 4) is 0 Å². The number of rotatable bonds is 5. The van der Waals surface area contributed by atoms with Crippen LogP contribution in [0, 0.1) is 0 Å². The Bertz CT molecular complexity index is 637. The summed E-state index contributed by atoms with van der Waals surface area (Å²) >= 11 is 4.85. The van der Waals surface area contributed by atoms with Gasteiger partial charge in [-0.05, 0) is 26.0 Å². The summed E-state index contributed by atoms with van der Waals surface area (Å²) in [4.78, 5) is 12.2. The number of nitrogens with one attached hydrogen (secondary N) is 1. The number of carbonyl (C=O) groups excluding carboxylic acids is 1. The molecule has 0 heterocycles. The summed E-state index contributed by atoms with van der Waals surface area (Å²) in [6, 6.07) is 6.57. The molecule has 1 aromatic carbocycles. The Morgan fingerprint density at radius 3 is 2.40 bits per heavy atom. The fraction of sp³-hybridized carbons (Fsp3) is 0.385. The van der Waals surface area contributed by atoms with E-state index in [0.717, 1.165) is 6.26 Å². The van der Waals surface area contributed by atoms with E-state index in [0.29, 0.717) is 11.1 Å². The Morgan fingerprint density at radius 1 is 1.35 bits per heavy atom. The summed E-state index contributed by atoms with van der Waals surface area (Å²) in [6.07, 6.45) is 1.15. The second kappa shape index (κ2) is 5.88. The maximum atomic E-state index is 12.0. The minimum Gasteiger partial charge on any atom is -0.389 e. The molecule has 20 heavy (non-hydrogen) atoms.